The van der Waals surface area contributed by atoms with Crippen LogP contribution in [0.15, 0.2) is 0 Å². The van der Waals surface area contributed by atoms with E-state index in [1.807, 2.05) is 0 Å². The Morgan fingerprint density at radius 2 is 1.89 bits per heavy atom. The summed E-state index contributed by atoms with van der Waals surface area (Å²) in [5, 5.41) is 9.01. The monoisotopic (exact) mass is 251 g/mol. The summed E-state index contributed by atoms with van der Waals surface area (Å²) < 4.78 is 0. The third kappa shape index (κ3) is 2.71. The van der Waals surface area contributed by atoms with Crippen molar-refractivity contribution in [3.05, 3.63) is 0 Å². The van der Waals surface area contributed by atoms with Gasteiger partial charge in [-0.3, -0.25) is 9.69 Å². The molecule has 102 valence electrons. The van der Waals surface area contributed by atoms with Gasteiger partial charge in [0.25, 0.3) is 0 Å². The van der Waals surface area contributed by atoms with E-state index in [1.165, 1.54) is 44.9 Å². The second kappa shape index (κ2) is 5.20. The predicted octanol–water partition coefficient (Wildman–Crippen LogP) is 2.89. The van der Waals surface area contributed by atoms with Crippen LogP contribution in [-0.4, -0.2) is 34.6 Å². The maximum absolute atomic E-state index is 10.9. The predicted molar refractivity (Wildman–Crippen MR) is 70.5 cm³/mol. The minimum atomic E-state index is -0.624. The normalized spacial score (nSPS) is 37.9. The van der Waals surface area contributed by atoms with Gasteiger partial charge in [-0.1, -0.05) is 12.8 Å². The van der Waals surface area contributed by atoms with E-state index >= 15 is 0 Å². The van der Waals surface area contributed by atoms with Gasteiger partial charge >= 0.3 is 5.97 Å². The molecule has 1 aliphatic heterocycles. The van der Waals surface area contributed by atoms with Gasteiger partial charge in [-0.2, -0.15) is 0 Å². The number of carboxylic acids is 1. The van der Waals surface area contributed by atoms with Crippen molar-refractivity contribution < 1.29 is 9.90 Å². The number of carbonyl (C=O) groups is 1. The molecule has 3 unspecified atom stereocenters. The smallest absolute Gasteiger partial charge is 0.304 e. The third-order valence-corrected chi connectivity index (χ3v) is 5.28. The fourth-order valence-corrected chi connectivity index (χ4v) is 4.26. The average molecular weight is 251 g/mol. The highest BCUT2D eigenvalue weighted by atomic mass is 16.4. The molecule has 3 rings (SSSR count). The van der Waals surface area contributed by atoms with Crippen LogP contribution >= 0.6 is 0 Å². The summed E-state index contributed by atoms with van der Waals surface area (Å²) in [5.41, 5.74) is 0. The molecule has 0 radical (unpaired) electrons. The second-order valence-electron chi connectivity index (χ2n) is 6.55. The lowest BCUT2D eigenvalue weighted by molar-refractivity contribution is -0.138. The van der Waals surface area contributed by atoms with Gasteiger partial charge in [0.2, 0.25) is 0 Å². The molecule has 1 saturated heterocycles. The Morgan fingerprint density at radius 1 is 1.06 bits per heavy atom. The Kier molecular flexibility index (Phi) is 3.60. The van der Waals surface area contributed by atoms with Crippen LogP contribution < -0.4 is 0 Å². The van der Waals surface area contributed by atoms with Crippen molar-refractivity contribution >= 4 is 5.97 Å². The number of likely N-dealkylation sites (tertiary alicyclic amines) is 1. The molecule has 0 aromatic carbocycles. The zero-order valence-corrected chi connectivity index (χ0v) is 11.2. The van der Waals surface area contributed by atoms with E-state index in [0.29, 0.717) is 18.5 Å². The molecule has 0 aromatic heterocycles. The summed E-state index contributed by atoms with van der Waals surface area (Å²) in [7, 11) is 0. The molecule has 3 aliphatic rings. The molecule has 3 atom stereocenters. The quantitative estimate of drug-likeness (QED) is 0.835. The molecule has 2 saturated carbocycles. The molecule has 0 aromatic rings. The molecule has 0 spiro atoms. The highest BCUT2D eigenvalue weighted by Gasteiger charge is 2.39. The lowest BCUT2D eigenvalue weighted by Crippen LogP contribution is -2.43. The van der Waals surface area contributed by atoms with Crippen molar-refractivity contribution in [3.63, 3.8) is 0 Å². The van der Waals surface area contributed by atoms with Crippen molar-refractivity contribution in [2.75, 3.05) is 6.54 Å². The third-order valence-electron chi connectivity index (χ3n) is 5.28. The molecular weight excluding hydrogens is 226 g/mol. The minimum absolute atomic E-state index is 0.324. The molecule has 3 fully saturated rings. The fourth-order valence-electron chi connectivity index (χ4n) is 4.26. The number of aliphatic carboxylic acids is 1. The highest BCUT2D eigenvalue weighted by molar-refractivity contribution is 5.67. The van der Waals surface area contributed by atoms with E-state index < -0.39 is 5.97 Å². The van der Waals surface area contributed by atoms with E-state index in [4.69, 9.17) is 5.11 Å². The molecule has 3 nitrogen and oxygen atoms in total. The van der Waals surface area contributed by atoms with E-state index in [0.717, 1.165) is 24.8 Å². The molecule has 2 aliphatic carbocycles. The summed E-state index contributed by atoms with van der Waals surface area (Å²) in [4.78, 5) is 13.5. The van der Waals surface area contributed by atoms with E-state index in [-0.39, 0.29) is 0 Å². The lowest BCUT2D eigenvalue weighted by atomic mass is 9.82. The first-order valence-corrected chi connectivity index (χ1v) is 7.71. The van der Waals surface area contributed by atoms with Gasteiger partial charge in [0.05, 0.1) is 6.42 Å². The number of nitrogens with zero attached hydrogens (tertiary/aromatic N) is 1. The van der Waals surface area contributed by atoms with Crippen molar-refractivity contribution in [1.82, 2.24) is 4.90 Å². The lowest BCUT2D eigenvalue weighted by Gasteiger charge is -2.38. The fraction of sp³-hybridized carbons (Fsp3) is 0.933. The first kappa shape index (κ1) is 12.5. The van der Waals surface area contributed by atoms with Crippen LogP contribution in [0.2, 0.25) is 0 Å². The number of rotatable bonds is 4. The molecular formula is C15H25NO2. The van der Waals surface area contributed by atoms with E-state index in [1.54, 1.807) is 0 Å². The van der Waals surface area contributed by atoms with Gasteiger partial charge in [-0.25, -0.2) is 0 Å². The molecule has 1 N–H and O–H groups in total. The minimum Gasteiger partial charge on any atom is -0.481 e. The maximum Gasteiger partial charge on any atom is 0.304 e. The van der Waals surface area contributed by atoms with Gasteiger partial charge in [0, 0.05) is 12.1 Å². The highest BCUT2D eigenvalue weighted by Crippen LogP contribution is 2.45. The second-order valence-corrected chi connectivity index (χ2v) is 6.55. The SMILES string of the molecule is O=C(O)CC1CCCN1C1CCCC(C2CC2)C1. The number of hydrogen-bond donors (Lipinski definition) is 1. The summed E-state index contributed by atoms with van der Waals surface area (Å²) in [6.45, 7) is 1.14. The Labute approximate surface area is 110 Å². The van der Waals surface area contributed by atoms with Crippen LogP contribution in [0.4, 0.5) is 0 Å². The summed E-state index contributed by atoms with van der Waals surface area (Å²) in [5.74, 6) is 1.35. The molecule has 18 heavy (non-hydrogen) atoms. The molecule has 3 heteroatoms. The average Bonchev–Trinajstić information content (AvgIpc) is 3.10. The first-order chi connectivity index (χ1) is 8.74. The van der Waals surface area contributed by atoms with Gasteiger partial charge < -0.3 is 5.11 Å². The first-order valence-electron chi connectivity index (χ1n) is 7.71. The topological polar surface area (TPSA) is 40.5 Å². The Bertz CT molecular complexity index is 314. The van der Waals surface area contributed by atoms with Gasteiger partial charge in [0.15, 0.2) is 0 Å². The van der Waals surface area contributed by atoms with E-state index in [9.17, 15) is 4.79 Å². The Morgan fingerprint density at radius 3 is 2.61 bits per heavy atom. The van der Waals surface area contributed by atoms with Crippen molar-refractivity contribution in [2.45, 2.75) is 69.9 Å². The van der Waals surface area contributed by atoms with Crippen LogP contribution in [-0.2, 0) is 4.79 Å². The zero-order valence-electron chi connectivity index (χ0n) is 11.2. The summed E-state index contributed by atoms with van der Waals surface area (Å²) in [6, 6.07) is 1.02. The Balaban J connectivity index is 1.59. The number of carboxylic acid groups (broad SMARTS) is 1. The van der Waals surface area contributed by atoms with Crippen LogP contribution in [0.25, 0.3) is 0 Å². The van der Waals surface area contributed by atoms with Gasteiger partial charge in [-0.05, 0) is 56.9 Å². The van der Waals surface area contributed by atoms with Crippen molar-refractivity contribution in [3.8, 4) is 0 Å². The molecule has 0 bridgehead atoms. The van der Waals surface area contributed by atoms with Crippen LogP contribution in [0, 0.1) is 11.8 Å². The standard InChI is InChI=1S/C15H25NO2/c17-15(18)10-14-5-2-8-16(14)13-4-1-3-12(9-13)11-6-7-11/h11-14H,1-10H2,(H,17,18). The summed E-state index contributed by atoms with van der Waals surface area (Å²) in [6.07, 6.45) is 11.0. The molecule has 0 amide bonds. The van der Waals surface area contributed by atoms with Crippen LogP contribution in [0.3, 0.4) is 0 Å². The zero-order chi connectivity index (χ0) is 12.5. The van der Waals surface area contributed by atoms with Gasteiger partial charge in [-0.15, -0.1) is 0 Å². The van der Waals surface area contributed by atoms with E-state index in [2.05, 4.69) is 4.90 Å². The van der Waals surface area contributed by atoms with Crippen LogP contribution in [0.1, 0.15) is 57.8 Å². The number of hydrogen-bond acceptors (Lipinski definition) is 2. The summed E-state index contributed by atoms with van der Waals surface area (Å²) >= 11 is 0. The van der Waals surface area contributed by atoms with Crippen molar-refractivity contribution in [2.24, 2.45) is 11.8 Å². The largest absolute Gasteiger partial charge is 0.481 e. The molecule has 1 heterocycles. The maximum atomic E-state index is 10.9. The van der Waals surface area contributed by atoms with Gasteiger partial charge in [0.1, 0.15) is 0 Å². The van der Waals surface area contributed by atoms with Crippen LogP contribution in [0.5, 0.6) is 0 Å². The van der Waals surface area contributed by atoms with Crippen molar-refractivity contribution in [1.29, 1.82) is 0 Å². The Hall–Kier alpha value is -0.570.